The van der Waals surface area contributed by atoms with Gasteiger partial charge in [-0.1, -0.05) is 107 Å². The summed E-state index contributed by atoms with van der Waals surface area (Å²) in [6.45, 7) is 27.7. The Kier molecular flexibility index (Phi) is 7.99. The lowest BCUT2D eigenvalue weighted by Gasteiger charge is -2.25. The predicted molar refractivity (Wildman–Crippen MR) is 220 cm³/mol. The molecule has 3 aromatic heterocycles. The van der Waals surface area contributed by atoms with Crippen molar-refractivity contribution in [2.24, 2.45) is 0 Å². The maximum absolute atomic E-state index is 5.10. The first-order valence-electron chi connectivity index (χ1n) is 18.0. The summed E-state index contributed by atoms with van der Waals surface area (Å²) in [7, 11) is 0. The summed E-state index contributed by atoms with van der Waals surface area (Å²) in [5.41, 5.74) is 15.9. The molecule has 7 aromatic rings. The van der Waals surface area contributed by atoms with Gasteiger partial charge in [0.1, 0.15) is 0 Å². The SMILES string of the molecule is CC(C)(C)c1cc(-c2cc(-c3cc(C(C)(C)C)cc4c3[nH]c3ccc(C(C)(C)C)cc34)cc(C(C)(C)C)c2)cc(-c2ccc3sccc3n2)c1. The molecule has 7 rings (SSSR count). The van der Waals surface area contributed by atoms with Crippen LogP contribution >= 0.6 is 11.3 Å². The highest BCUT2D eigenvalue weighted by atomic mass is 32.1. The van der Waals surface area contributed by atoms with Crippen LogP contribution in [0.5, 0.6) is 0 Å². The zero-order chi connectivity index (χ0) is 36.0. The highest BCUT2D eigenvalue weighted by Gasteiger charge is 2.24. The summed E-state index contributed by atoms with van der Waals surface area (Å²) < 4.78 is 1.22. The minimum atomic E-state index is -0.0381. The molecule has 0 aliphatic heterocycles. The van der Waals surface area contributed by atoms with E-state index >= 15 is 0 Å². The Hall–Kier alpha value is -4.21. The maximum atomic E-state index is 5.10. The molecule has 0 fully saturated rings. The fourth-order valence-electron chi connectivity index (χ4n) is 6.90. The van der Waals surface area contributed by atoms with Crippen LogP contribution in [0.2, 0.25) is 0 Å². The van der Waals surface area contributed by atoms with Crippen LogP contribution in [0.25, 0.3) is 65.5 Å². The largest absolute Gasteiger partial charge is 0.354 e. The average Bonchev–Trinajstić information content (AvgIpc) is 3.66. The van der Waals surface area contributed by atoms with Gasteiger partial charge < -0.3 is 4.98 Å². The van der Waals surface area contributed by atoms with E-state index in [2.05, 4.69) is 178 Å². The number of aromatic nitrogens is 2. The number of rotatable bonds is 3. The topological polar surface area (TPSA) is 28.7 Å². The number of aromatic amines is 1. The van der Waals surface area contributed by atoms with Crippen LogP contribution < -0.4 is 0 Å². The quantitative estimate of drug-likeness (QED) is 0.198. The van der Waals surface area contributed by atoms with Crippen molar-refractivity contribution in [2.45, 2.75) is 105 Å². The first-order chi connectivity index (χ1) is 23.3. The molecular weight excluding hydrogens is 625 g/mol. The highest BCUT2D eigenvalue weighted by molar-refractivity contribution is 7.17. The second-order valence-electron chi connectivity index (χ2n) is 18.4. The first kappa shape index (κ1) is 34.2. The van der Waals surface area contributed by atoms with Crippen LogP contribution in [0.3, 0.4) is 0 Å². The van der Waals surface area contributed by atoms with E-state index in [1.54, 1.807) is 11.3 Å². The number of nitrogens with one attached hydrogen (secondary N) is 1. The minimum Gasteiger partial charge on any atom is -0.354 e. The molecule has 0 saturated heterocycles. The van der Waals surface area contributed by atoms with Crippen LogP contribution in [0, 0.1) is 0 Å². The van der Waals surface area contributed by atoms with Gasteiger partial charge in [0.25, 0.3) is 0 Å². The van der Waals surface area contributed by atoms with E-state index in [-0.39, 0.29) is 21.7 Å². The summed E-state index contributed by atoms with van der Waals surface area (Å²) >= 11 is 1.74. The summed E-state index contributed by atoms with van der Waals surface area (Å²) in [5, 5.41) is 4.72. The summed E-state index contributed by atoms with van der Waals surface area (Å²) in [6.07, 6.45) is 0. The number of nitrogens with zero attached hydrogens (tertiary/aromatic N) is 1. The Morgan fingerprint density at radius 1 is 0.480 bits per heavy atom. The number of hydrogen-bond donors (Lipinski definition) is 1. The number of thiophene rings is 1. The van der Waals surface area contributed by atoms with Gasteiger partial charge in [0.2, 0.25) is 0 Å². The molecule has 0 aliphatic carbocycles. The van der Waals surface area contributed by atoms with E-state index in [0.717, 1.165) is 16.8 Å². The Balaban J connectivity index is 1.51. The molecule has 3 heteroatoms. The lowest BCUT2D eigenvalue weighted by molar-refractivity contribution is 0.589. The van der Waals surface area contributed by atoms with Crippen molar-refractivity contribution < 1.29 is 0 Å². The smallest absolute Gasteiger partial charge is 0.0817 e. The second-order valence-corrected chi connectivity index (χ2v) is 19.4. The Morgan fingerprint density at radius 2 is 1.02 bits per heavy atom. The molecule has 0 saturated carbocycles. The molecule has 1 N–H and O–H groups in total. The maximum Gasteiger partial charge on any atom is 0.0817 e. The third-order valence-corrected chi connectivity index (χ3v) is 11.2. The number of pyridine rings is 1. The molecule has 0 radical (unpaired) electrons. The van der Waals surface area contributed by atoms with Crippen molar-refractivity contribution >= 4 is 43.4 Å². The molecule has 0 amide bonds. The fraction of sp³-hybridized carbons (Fsp3) is 0.340. The van der Waals surface area contributed by atoms with Gasteiger partial charge in [-0.05, 0) is 127 Å². The van der Waals surface area contributed by atoms with E-state index < -0.39 is 0 Å². The van der Waals surface area contributed by atoms with Crippen LogP contribution in [0.1, 0.15) is 105 Å². The van der Waals surface area contributed by atoms with E-state index in [1.807, 2.05) is 0 Å². The standard InChI is InChI=1S/C47H52N2S/c1-44(2,3)32-13-14-40-37(25-32)38-27-35(47(10,11)12)26-36(43(38)49-40)30-19-28(21-33(23-30)45(4,5)6)29-20-31(24-34(22-29)46(7,8)9)39-15-16-42-41(48-39)17-18-50-42/h13-27,49H,1-12H3. The van der Waals surface area contributed by atoms with Crippen molar-refractivity contribution in [3.05, 3.63) is 113 Å². The van der Waals surface area contributed by atoms with Gasteiger partial charge in [-0.2, -0.15) is 0 Å². The molecular formula is C47H52N2S. The van der Waals surface area contributed by atoms with Crippen molar-refractivity contribution in [3.63, 3.8) is 0 Å². The Bertz CT molecular complexity index is 2410. The van der Waals surface area contributed by atoms with Crippen LogP contribution in [0.4, 0.5) is 0 Å². The lowest BCUT2D eigenvalue weighted by Crippen LogP contribution is -2.13. The van der Waals surface area contributed by atoms with E-state index in [4.69, 9.17) is 4.98 Å². The normalized spacial score (nSPS) is 13.2. The number of hydrogen-bond acceptors (Lipinski definition) is 2. The molecule has 4 aromatic carbocycles. The first-order valence-corrected chi connectivity index (χ1v) is 18.9. The molecule has 2 nitrogen and oxygen atoms in total. The number of benzene rings is 4. The monoisotopic (exact) mass is 676 g/mol. The van der Waals surface area contributed by atoms with Crippen molar-refractivity contribution in [2.75, 3.05) is 0 Å². The molecule has 3 heterocycles. The second kappa shape index (κ2) is 11.7. The highest BCUT2D eigenvalue weighted by Crippen LogP contribution is 2.42. The average molecular weight is 677 g/mol. The number of H-pyrrole nitrogens is 1. The molecule has 0 unspecified atom stereocenters. The van der Waals surface area contributed by atoms with Crippen LogP contribution in [-0.2, 0) is 21.7 Å². The van der Waals surface area contributed by atoms with E-state index in [9.17, 15) is 0 Å². The predicted octanol–water partition coefficient (Wildman–Crippen LogP) is 14.1. The van der Waals surface area contributed by atoms with Gasteiger partial charge in [-0.25, -0.2) is 4.98 Å². The molecule has 0 bridgehead atoms. The van der Waals surface area contributed by atoms with E-state index in [0.29, 0.717) is 0 Å². The van der Waals surface area contributed by atoms with Gasteiger partial charge in [0.15, 0.2) is 0 Å². The fourth-order valence-corrected chi connectivity index (χ4v) is 7.62. The van der Waals surface area contributed by atoms with Gasteiger partial charge in [0, 0.05) is 27.4 Å². The van der Waals surface area contributed by atoms with Crippen LogP contribution in [0.15, 0.2) is 90.3 Å². The zero-order valence-corrected chi connectivity index (χ0v) is 32.8. The minimum absolute atomic E-state index is 0.00879. The van der Waals surface area contributed by atoms with Crippen LogP contribution in [-0.4, -0.2) is 9.97 Å². The number of fused-ring (bicyclic) bond motifs is 4. The summed E-state index contributed by atoms with van der Waals surface area (Å²) in [4.78, 5) is 8.98. The Morgan fingerprint density at radius 3 is 1.64 bits per heavy atom. The zero-order valence-electron chi connectivity index (χ0n) is 32.0. The van der Waals surface area contributed by atoms with Crippen molar-refractivity contribution in [1.29, 1.82) is 0 Å². The third-order valence-electron chi connectivity index (χ3n) is 10.3. The van der Waals surface area contributed by atoms with Gasteiger partial charge in [-0.3, -0.25) is 0 Å². The third kappa shape index (κ3) is 6.42. The van der Waals surface area contributed by atoms with Crippen molar-refractivity contribution in [1.82, 2.24) is 9.97 Å². The summed E-state index contributed by atoms with van der Waals surface area (Å²) in [6, 6.07) is 32.7. The lowest BCUT2D eigenvalue weighted by atomic mass is 9.80. The molecule has 0 spiro atoms. The van der Waals surface area contributed by atoms with Gasteiger partial charge in [0.05, 0.1) is 21.4 Å². The van der Waals surface area contributed by atoms with E-state index in [1.165, 1.54) is 71.0 Å². The Labute approximate surface area is 303 Å². The molecule has 50 heavy (non-hydrogen) atoms. The van der Waals surface area contributed by atoms with Crippen molar-refractivity contribution in [3.8, 4) is 33.5 Å². The summed E-state index contributed by atoms with van der Waals surface area (Å²) in [5.74, 6) is 0. The van der Waals surface area contributed by atoms with Gasteiger partial charge in [-0.15, -0.1) is 11.3 Å². The molecule has 256 valence electrons. The van der Waals surface area contributed by atoms with Gasteiger partial charge >= 0.3 is 0 Å². The molecule has 0 aliphatic rings. The molecule has 0 atom stereocenters.